The number of rotatable bonds is 3. The highest BCUT2D eigenvalue weighted by Crippen LogP contribution is 2.36. The standard InChI is InChI=1S/C13H14N4O4S2/c1-8-3-4-11-10(7-8)17(5-6-21-11)23(19,20)13-16-15-12(22-13)14-9(2)18/h3-4,7H,5-6H2,1-2H3,(H,14,15,18). The number of benzene rings is 1. The predicted molar refractivity (Wildman–Crippen MR) is 85.4 cm³/mol. The van der Waals surface area contributed by atoms with E-state index < -0.39 is 10.0 Å². The summed E-state index contributed by atoms with van der Waals surface area (Å²) in [6.45, 7) is 3.64. The molecule has 1 amide bonds. The Morgan fingerprint density at radius 2 is 2.17 bits per heavy atom. The van der Waals surface area contributed by atoms with Crippen molar-refractivity contribution in [1.82, 2.24) is 10.2 Å². The summed E-state index contributed by atoms with van der Waals surface area (Å²) in [4.78, 5) is 11.0. The molecule has 1 aliphatic heterocycles. The van der Waals surface area contributed by atoms with Gasteiger partial charge in [-0.25, -0.2) is 0 Å². The van der Waals surface area contributed by atoms with Gasteiger partial charge >= 0.3 is 0 Å². The first-order valence-corrected chi connectivity index (χ1v) is 9.01. The number of nitrogens with one attached hydrogen (secondary N) is 1. The molecule has 23 heavy (non-hydrogen) atoms. The van der Waals surface area contributed by atoms with E-state index in [0.717, 1.165) is 16.9 Å². The number of hydrogen-bond acceptors (Lipinski definition) is 7. The van der Waals surface area contributed by atoms with E-state index in [1.165, 1.54) is 11.2 Å². The molecule has 1 N–H and O–H groups in total. The van der Waals surface area contributed by atoms with Crippen molar-refractivity contribution < 1.29 is 17.9 Å². The van der Waals surface area contributed by atoms with Crippen LogP contribution in [0.15, 0.2) is 22.5 Å². The summed E-state index contributed by atoms with van der Waals surface area (Å²) in [6.07, 6.45) is 0. The second-order valence-electron chi connectivity index (χ2n) is 4.95. The van der Waals surface area contributed by atoms with Crippen LogP contribution < -0.4 is 14.4 Å². The minimum absolute atomic E-state index is 0.147. The van der Waals surface area contributed by atoms with E-state index in [1.54, 1.807) is 12.1 Å². The summed E-state index contributed by atoms with van der Waals surface area (Å²) in [6, 6.07) is 5.35. The highest BCUT2D eigenvalue weighted by molar-refractivity contribution is 7.94. The van der Waals surface area contributed by atoms with Crippen molar-refractivity contribution in [3.8, 4) is 5.75 Å². The zero-order chi connectivity index (χ0) is 16.6. The lowest BCUT2D eigenvalue weighted by Crippen LogP contribution is -2.37. The molecule has 1 aromatic heterocycles. The number of ether oxygens (including phenoxy) is 1. The number of hydrogen-bond donors (Lipinski definition) is 1. The van der Waals surface area contributed by atoms with E-state index in [1.807, 2.05) is 13.0 Å². The molecule has 0 atom stereocenters. The Hall–Kier alpha value is -2.20. The van der Waals surface area contributed by atoms with Crippen LogP contribution in [0, 0.1) is 6.92 Å². The molecule has 2 aromatic rings. The van der Waals surface area contributed by atoms with Gasteiger partial charge in [-0.3, -0.25) is 9.10 Å². The number of aryl methyl sites for hydroxylation is 1. The van der Waals surface area contributed by atoms with Crippen LogP contribution in [0.25, 0.3) is 0 Å². The SMILES string of the molecule is CC(=O)Nc1nnc(S(=O)(=O)N2CCOc3ccc(C)cc32)s1. The Morgan fingerprint density at radius 1 is 1.39 bits per heavy atom. The number of carbonyl (C=O) groups excluding carboxylic acids is 1. The van der Waals surface area contributed by atoms with Crippen molar-refractivity contribution in [3.63, 3.8) is 0 Å². The van der Waals surface area contributed by atoms with Gasteiger partial charge in [-0.15, -0.1) is 10.2 Å². The molecule has 0 radical (unpaired) electrons. The molecular formula is C13H14N4O4S2. The first-order chi connectivity index (χ1) is 10.9. The monoisotopic (exact) mass is 354 g/mol. The zero-order valence-electron chi connectivity index (χ0n) is 12.4. The summed E-state index contributed by atoms with van der Waals surface area (Å²) in [7, 11) is -3.86. The first-order valence-electron chi connectivity index (χ1n) is 6.75. The normalized spacial score (nSPS) is 14.1. The maximum atomic E-state index is 12.8. The number of anilines is 2. The number of aromatic nitrogens is 2. The molecule has 2 heterocycles. The van der Waals surface area contributed by atoms with E-state index in [2.05, 4.69) is 15.5 Å². The molecule has 3 rings (SSSR count). The predicted octanol–water partition coefficient (Wildman–Crippen LogP) is 1.39. The first kappa shape index (κ1) is 15.7. The van der Waals surface area contributed by atoms with Crippen molar-refractivity contribution in [3.05, 3.63) is 23.8 Å². The maximum absolute atomic E-state index is 12.8. The van der Waals surface area contributed by atoms with Gasteiger partial charge in [-0.05, 0) is 24.6 Å². The van der Waals surface area contributed by atoms with Crippen LogP contribution >= 0.6 is 11.3 Å². The molecule has 1 aromatic carbocycles. The molecule has 8 nitrogen and oxygen atoms in total. The minimum Gasteiger partial charge on any atom is -0.489 e. The Morgan fingerprint density at radius 3 is 2.91 bits per heavy atom. The summed E-state index contributed by atoms with van der Waals surface area (Å²) >= 11 is 0.816. The van der Waals surface area contributed by atoms with E-state index in [0.29, 0.717) is 11.4 Å². The lowest BCUT2D eigenvalue weighted by molar-refractivity contribution is -0.114. The molecule has 0 saturated carbocycles. The van der Waals surface area contributed by atoms with Crippen LogP contribution in [0.1, 0.15) is 12.5 Å². The highest BCUT2D eigenvalue weighted by Gasteiger charge is 2.33. The van der Waals surface area contributed by atoms with Gasteiger partial charge in [0.25, 0.3) is 14.4 Å². The summed E-state index contributed by atoms with van der Waals surface area (Å²) in [5, 5.41) is 9.96. The van der Waals surface area contributed by atoms with E-state index in [-0.39, 0.29) is 28.5 Å². The van der Waals surface area contributed by atoms with Crippen LogP contribution in [0.5, 0.6) is 5.75 Å². The minimum atomic E-state index is -3.86. The van der Waals surface area contributed by atoms with Crippen molar-refractivity contribution in [2.24, 2.45) is 0 Å². The van der Waals surface area contributed by atoms with Crippen molar-refractivity contribution in [1.29, 1.82) is 0 Å². The van der Waals surface area contributed by atoms with E-state index in [9.17, 15) is 13.2 Å². The Kier molecular flexibility index (Phi) is 3.94. The molecule has 0 spiro atoms. The van der Waals surface area contributed by atoms with Crippen molar-refractivity contribution in [2.45, 2.75) is 18.2 Å². The van der Waals surface area contributed by atoms with Crippen LogP contribution in [0.3, 0.4) is 0 Å². The van der Waals surface area contributed by atoms with Crippen LogP contribution in [-0.4, -0.2) is 37.7 Å². The molecule has 10 heteroatoms. The van der Waals surface area contributed by atoms with Gasteiger partial charge in [0.1, 0.15) is 12.4 Å². The van der Waals surface area contributed by atoms with Gasteiger partial charge in [0.15, 0.2) is 0 Å². The largest absolute Gasteiger partial charge is 0.489 e. The Labute approximate surface area is 137 Å². The zero-order valence-corrected chi connectivity index (χ0v) is 14.1. The van der Waals surface area contributed by atoms with E-state index >= 15 is 0 Å². The molecular weight excluding hydrogens is 340 g/mol. The molecule has 1 aliphatic rings. The summed E-state index contributed by atoms with van der Waals surface area (Å²) in [5.74, 6) is 0.175. The summed E-state index contributed by atoms with van der Waals surface area (Å²) < 4.78 is 32.2. The average molecular weight is 354 g/mol. The summed E-state index contributed by atoms with van der Waals surface area (Å²) in [5.41, 5.74) is 1.40. The topological polar surface area (TPSA) is 101 Å². The fourth-order valence-electron chi connectivity index (χ4n) is 2.16. The molecule has 0 saturated heterocycles. The second-order valence-corrected chi connectivity index (χ2v) is 7.96. The van der Waals surface area contributed by atoms with Crippen LogP contribution in [-0.2, 0) is 14.8 Å². The Balaban J connectivity index is 1.99. The third-order valence-electron chi connectivity index (χ3n) is 3.14. The lowest BCUT2D eigenvalue weighted by Gasteiger charge is -2.29. The van der Waals surface area contributed by atoms with Gasteiger partial charge in [-0.2, -0.15) is 8.42 Å². The highest BCUT2D eigenvalue weighted by atomic mass is 32.2. The molecule has 0 fully saturated rings. The maximum Gasteiger partial charge on any atom is 0.293 e. The van der Waals surface area contributed by atoms with E-state index in [4.69, 9.17) is 4.74 Å². The van der Waals surface area contributed by atoms with Gasteiger partial charge in [0.05, 0.1) is 12.2 Å². The molecule has 0 aliphatic carbocycles. The third-order valence-corrected chi connectivity index (χ3v) is 6.13. The fraction of sp³-hybridized carbons (Fsp3) is 0.308. The lowest BCUT2D eigenvalue weighted by atomic mass is 10.2. The fourth-order valence-corrected chi connectivity index (χ4v) is 4.66. The van der Waals surface area contributed by atoms with Gasteiger partial charge < -0.3 is 10.1 Å². The second kappa shape index (κ2) is 5.78. The van der Waals surface area contributed by atoms with Crippen molar-refractivity contribution in [2.75, 3.05) is 22.8 Å². The molecule has 0 bridgehead atoms. The number of amides is 1. The van der Waals surface area contributed by atoms with Crippen LogP contribution in [0.2, 0.25) is 0 Å². The molecule has 122 valence electrons. The van der Waals surface area contributed by atoms with Gasteiger partial charge in [0.2, 0.25) is 11.0 Å². The number of carbonyl (C=O) groups is 1. The number of sulfonamides is 1. The third kappa shape index (κ3) is 2.99. The van der Waals surface area contributed by atoms with Gasteiger partial charge in [0, 0.05) is 6.92 Å². The van der Waals surface area contributed by atoms with Gasteiger partial charge in [-0.1, -0.05) is 17.4 Å². The smallest absolute Gasteiger partial charge is 0.293 e. The number of fused-ring (bicyclic) bond motifs is 1. The van der Waals surface area contributed by atoms with Crippen LogP contribution in [0.4, 0.5) is 10.8 Å². The molecule has 0 unspecified atom stereocenters. The van der Waals surface area contributed by atoms with Crippen molar-refractivity contribution >= 4 is 38.1 Å². The Bertz CT molecular complexity index is 863. The number of nitrogens with zero attached hydrogens (tertiary/aromatic N) is 3. The average Bonchev–Trinajstić information content (AvgIpc) is 2.95. The quantitative estimate of drug-likeness (QED) is 0.836.